The average Bonchev–Trinajstić information content (AvgIpc) is 3.21. The predicted octanol–water partition coefficient (Wildman–Crippen LogP) is 2.83. The van der Waals surface area contributed by atoms with Gasteiger partial charge in [-0.3, -0.25) is 4.79 Å². The molecule has 3 nitrogen and oxygen atoms in total. The summed E-state index contributed by atoms with van der Waals surface area (Å²) < 4.78 is 0. The molecule has 1 aromatic carbocycles. The summed E-state index contributed by atoms with van der Waals surface area (Å²) in [5.74, 6) is 1.99. The van der Waals surface area contributed by atoms with Crippen LogP contribution in [0.2, 0.25) is 0 Å². The van der Waals surface area contributed by atoms with Crippen molar-refractivity contribution in [3.05, 3.63) is 35.9 Å². The highest BCUT2D eigenvalue weighted by Gasteiger charge is 2.55. The summed E-state index contributed by atoms with van der Waals surface area (Å²) in [5.41, 5.74) is 6.89. The number of nitrogens with zero attached hydrogens (tertiary/aromatic N) is 1. The van der Waals surface area contributed by atoms with Crippen LogP contribution in [-0.2, 0) is 11.3 Å². The van der Waals surface area contributed by atoms with Crippen LogP contribution in [0.1, 0.15) is 31.2 Å². The lowest BCUT2D eigenvalue weighted by Gasteiger charge is -2.22. The predicted molar refractivity (Wildman–Crippen MR) is 87.1 cm³/mol. The number of benzene rings is 1. The highest BCUT2D eigenvalue weighted by molar-refractivity contribution is 5.85. The molecule has 3 rings (SSSR count). The number of hydrogen-bond acceptors (Lipinski definition) is 2. The average molecular weight is 309 g/mol. The third-order valence-electron chi connectivity index (χ3n) is 4.87. The van der Waals surface area contributed by atoms with Gasteiger partial charge in [0.15, 0.2) is 0 Å². The Bertz CT molecular complexity index is 453. The lowest BCUT2D eigenvalue weighted by atomic mass is 10.0. The van der Waals surface area contributed by atoms with Crippen molar-refractivity contribution in [2.75, 3.05) is 13.1 Å². The number of amides is 1. The van der Waals surface area contributed by atoms with Crippen LogP contribution in [-0.4, -0.2) is 23.9 Å². The number of nitrogens with two attached hydrogens (primary N) is 1. The lowest BCUT2D eigenvalue weighted by molar-refractivity contribution is -0.133. The van der Waals surface area contributed by atoms with Crippen molar-refractivity contribution < 1.29 is 4.79 Å². The smallest absolute Gasteiger partial charge is 0.226 e. The highest BCUT2D eigenvalue weighted by atomic mass is 35.5. The first kappa shape index (κ1) is 16.3. The monoisotopic (exact) mass is 308 g/mol. The lowest BCUT2D eigenvalue weighted by Crippen LogP contribution is -2.36. The van der Waals surface area contributed by atoms with E-state index < -0.39 is 0 Å². The van der Waals surface area contributed by atoms with Crippen LogP contribution in [0.4, 0.5) is 0 Å². The zero-order chi connectivity index (χ0) is 13.9. The molecule has 0 radical (unpaired) electrons. The van der Waals surface area contributed by atoms with E-state index in [4.69, 9.17) is 5.73 Å². The molecule has 2 aliphatic rings. The minimum absolute atomic E-state index is 0. The molecule has 2 aliphatic carbocycles. The van der Waals surface area contributed by atoms with Crippen LogP contribution in [0.5, 0.6) is 0 Å². The van der Waals surface area contributed by atoms with Gasteiger partial charge >= 0.3 is 0 Å². The molecule has 1 amide bonds. The maximum atomic E-state index is 12.7. The molecule has 116 valence electrons. The molecule has 0 spiro atoms. The van der Waals surface area contributed by atoms with Crippen molar-refractivity contribution in [1.29, 1.82) is 0 Å². The first-order chi connectivity index (χ1) is 9.81. The molecule has 0 saturated heterocycles. The SMILES string of the molecule is Cl.NCCN(Cc1ccccc1)C(=O)C1C2CCCCC21. The molecule has 2 N–H and O–H groups in total. The van der Waals surface area contributed by atoms with Gasteiger partial charge in [0.1, 0.15) is 0 Å². The number of halogens is 1. The van der Waals surface area contributed by atoms with E-state index in [2.05, 4.69) is 12.1 Å². The largest absolute Gasteiger partial charge is 0.337 e. The molecular formula is C17H25ClN2O. The van der Waals surface area contributed by atoms with Gasteiger partial charge in [-0.05, 0) is 30.2 Å². The summed E-state index contributed by atoms with van der Waals surface area (Å²) in [6.45, 7) is 1.91. The Morgan fingerprint density at radius 2 is 1.76 bits per heavy atom. The fraction of sp³-hybridized carbons (Fsp3) is 0.588. The summed E-state index contributed by atoms with van der Waals surface area (Å²) in [5, 5.41) is 0. The van der Waals surface area contributed by atoms with Gasteiger partial charge in [0, 0.05) is 25.6 Å². The zero-order valence-electron chi connectivity index (χ0n) is 12.4. The highest BCUT2D eigenvalue weighted by Crippen LogP contribution is 2.56. The maximum absolute atomic E-state index is 12.7. The quantitative estimate of drug-likeness (QED) is 0.909. The molecule has 0 bridgehead atoms. The van der Waals surface area contributed by atoms with Crippen molar-refractivity contribution in [3.63, 3.8) is 0 Å². The summed E-state index contributed by atoms with van der Waals surface area (Å²) in [7, 11) is 0. The van der Waals surface area contributed by atoms with Gasteiger partial charge in [0.05, 0.1) is 0 Å². The van der Waals surface area contributed by atoms with Crippen LogP contribution in [0, 0.1) is 17.8 Å². The van der Waals surface area contributed by atoms with E-state index in [1.165, 1.54) is 31.2 Å². The first-order valence-corrected chi connectivity index (χ1v) is 7.84. The van der Waals surface area contributed by atoms with Crippen LogP contribution >= 0.6 is 12.4 Å². The topological polar surface area (TPSA) is 46.3 Å². The Morgan fingerprint density at radius 3 is 2.33 bits per heavy atom. The number of hydrogen-bond donors (Lipinski definition) is 1. The molecule has 0 heterocycles. The van der Waals surface area contributed by atoms with Crippen molar-refractivity contribution in [2.24, 2.45) is 23.5 Å². The van der Waals surface area contributed by atoms with E-state index in [0.717, 1.165) is 0 Å². The summed E-state index contributed by atoms with van der Waals surface area (Å²) in [4.78, 5) is 14.7. The second-order valence-corrected chi connectivity index (χ2v) is 6.17. The van der Waals surface area contributed by atoms with Crippen LogP contribution in [0.3, 0.4) is 0 Å². The summed E-state index contributed by atoms with van der Waals surface area (Å²) in [6, 6.07) is 10.2. The molecule has 2 saturated carbocycles. The van der Waals surface area contributed by atoms with Gasteiger partial charge in [0.25, 0.3) is 0 Å². The number of carbonyl (C=O) groups excluding carboxylic acids is 1. The van der Waals surface area contributed by atoms with Crippen molar-refractivity contribution >= 4 is 18.3 Å². The van der Waals surface area contributed by atoms with Crippen molar-refractivity contribution in [3.8, 4) is 0 Å². The van der Waals surface area contributed by atoms with Crippen molar-refractivity contribution in [2.45, 2.75) is 32.2 Å². The van der Waals surface area contributed by atoms with Gasteiger partial charge in [-0.25, -0.2) is 0 Å². The van der Waals surface area contributed by atoms with E-state index in [9.17, 15) is 4.79 Å². The van der Waals surface area contributed by atoms with Crippen LogP contribution in [0.25, 0.3) is 0 Å². The molecule has 1 aromatic rings. The van der Waals surface area contributed by atoms with Crippen LogP contribution < -0.4 is 5.73 Å². The number of carbonyl (C=O) groups is 1. The normalized spacial score (nSPS) is 26.4. The van der Waals surface area contributed by atoms with E-state index in [0.29, 0.717) is 43.3 Å². The third-order valence-corrected chi connectivity index (χ3v) is 4.87. The van der Waals surface area contributed by atoms with Gasteiger partial charge in [-0.15, -0.1) is 12.4 Å². The molecule has 4 heteroatoms. The van der Waals surface area contributed by atoms with E-state index in [1.807, 2.05) is 23.1 Å². The maximum Gasteiger partial charge on any atom is 0.226 e. The third kappa shape index (κ3) is 3.58. The molecule has 2 unspecified atom stereocenters. The first-order valence-electron chi connectivity index (χ1n) is 7.84. The van der Waals surface area contributed by atoms with Gasteiger partial charge in [0.2, 0.25) is 5.91 Å². The number of fused-ring (bicyclic) bond motifs is 1. The van der Waals surface area contributed by atoms with E-state index >= 15 is 0 Å². The second-order valence-electron chi connectivity index (χ2n) is 6.17. The Labute approximate surface area is 133 Å². The zero-order valence-corrected chi connectivity index (χ0v) is 13.2. The van der Waals surface area contributed by atoms with E-state index in [1.54, 1.807) is 0 Å². The summed E-state index contributed by atoms with van der Waals surface area (Å²) in [6.07, 6.45) is 5.12. The summed E-state index contributed by atoms with van der Waals surface area (Å²) >= 11 is 0. The van der Waals surface area contributed by atoms with Crippen molar-refractivity contribution in [1.82, 2.24) is 4.90 Å². The second kappa shape index (κ2) is 7.28. The van der Waals surface area contributed by atoms with Gasteiger partial charge in [-0.1, -0.05) is 43.2 Å². The van der Waals surface area contributed by atoms with Crippen LogP contribution in [0.15, 0.2) is 30.3 Å². The Kier molecular flexibility index (Phi) is 5.65. The fourth-order valence-corrected chi connectivity index (χ4v) is 3.80. The fourth-order valence-electron chi connectivity index (χ4n) is 3.80. The van der Waals surface area contributed by atoms with E-state index in [-0.39, 0.29) is 12.4 Å². The molecule has 21 heavy (non-hydrogen) atoms. The Balaban J connectivity index is 0.00000161. The molecule has 2 fully saturated rings. The Hall–Kier alpha value is -1.06. The Morgan fingerprint density at radius 1 is 1.14 bits per heavy atom. The molecule has 0 aliphatic heterocycles. The minimum Gasteiger partial charge on any atom is -0.337 e. The molecular weight excluding hydrogens is 284 g/mol. The standard InChI is InChI=1S/C17H24N2O.ClH/c18-10-11-19(12-13-6-2-1-3-7-13)17(20)16-14-8-4-5-9-15(14)16;/h1-3,6-7,14-16H,4-5,8-12,18H2;1H. The molecule has 2 atom stereocenters. The van der Waals surface area contributed by atoms with Gasteiger partial charge < -0.3 is 10.6 Å². The van der Waals surface area contributed by atoms with Gasteiger partial charge in [-0.2, -0.15) is 0 Å². The minimum atomic E-state index is 0. The molecule has 0 aromatic heterocycles. The number of rotatable bonds is 5.